The Kier molecular flexibility index (Phi) is 4.07. The summed E-state index contributed by atoms with van der Waals surface area (Å²) in [7, 11) is 0. The number of carbonyl (C=O) groups excluding carboxylic acids is 2. The van der Waals surface area contributed by atoms with Crippen molar-refractivity contribution in [2.75, 3.05) is 0 Å². The Labute approximate surface area is 124 Å². The molecule has 0 spiro atoms. The van der Waals surface area contributed by atoms with Crippen LogP contribution in [0.4, 0.5) is 0 Å². The van der Waals surface area contributed by atoms with Crippen molar-refractivity contribution in [1.29, 1.82) is 0 Å². The summed E-state index contributed by atoms with van der Waals surface area (Å²) in [5, 5.41) is 2.88. The minimum absolute atomic E-state index is 0.0619. The van der Waals surface area contributed by atoms with Gasteiger partial charge < -0.3 is 14.6 Å². The number of carbonyl (C=O) groups is 2. The van der Waals surface area contributed by atoms with Crippen LogP contribution < -0.4 is 5.32 Å². The largest absolute Gasteiger partial charge is 0.444 e. The van der Waals surface area contributed by atoms with E-state index in [0.717, 1.165) is 11.5 Å². The van der Waals surface area contributed by atoms with Gasteiger partial charge in [0, 0.05) is 0 Å². The van der Waals surface area contributed by atoms with Crippen LogP contribution >= 0.6 is 0 Å². The van der Waals surface area contributed by atoms with Gasteiger partial charge in [-0.1, -0.05) is 13.8 Å². The number of aryl methyl sites for hydroxylation is 2. The van der Waals surface area contributed by atoms with E-state index in [1.165, 1.54) is 0 Å². The standard InChI is InChI=1S/C15H23N3O3/c1-6-15(7-2)14(20)18(10(4)13(19)17-15)8-12-16-9(3)11(5)21-12/h10H,6-8H2,1-5H3,(H,17,19). The summed E-state index contributed by atoms with van der Waals surface area (Å²) in [5.41, 5.74) is 0.00380. The molecule has 0 radical (unpaired) electrons. The second-order valence-electron chi connectivity index (χ2n) is 5.64. The molecule has 6 heteroatoms. The highest BCUT2D eigenvalue weighted by molar-refractivity contribution is 5.99. The normalized spacial score (nSPS) is 21.6. The molecule has 0 aromatic carbocycles. The molecule has 0 saturated carbocycles. The zero-order chi connectivity index (χ0) is 15.8. The summed E-state index contributed by atoms with van der Waals surface area (Å²) < 4.78 is 5.55. The molecule has 1 N–H and O–H groups in total. The molecule has 2 amide bonds. The van der Waals surface area contributed by atoms with E-state index in [4.69, 9.17) is 4.42 Å². The number of piperazine rings is 1. The lowest BCUT2D eigenvalue weighted by molar-refractivity contribution is -0.155. The van der Waals surface area contributed by atoms with Gasteiger partial charge in [-0.05, 0) is 33.6 Å². The third kappa shape index (κ3) is 2.54. The van der Waals surface area contributed by atoms with E-state index in [1.807, 2.05) is 27.7 Å². The second kappa shape index (κ2) is 5.50. The third-order valence-corrected chi connectivity index (χ3v) is 4.47. The molecule has 1 aliphatic heterocycles. The van der Waals surface area contributed by atoms with Gasteiger partial charge in [-0.15, -0.1) is 0 Å². The topological polar surface area (TPSA) is 75.4 Å². The Morgan fingerprint density at radius 3 is 2.38 bits per heavy atom. The van der Waals surface area contributed by atoms with E-state index in [0.29, 0.717) is 18.7 Å². The van der Waals surface area contributed by atoms with Crippen molar-refractivity contribution in [2.45, 2.75) is 65.6 Å². The second-order valence-corrected chi connectivity index (χ2v) is 5.64. The average Bonchev–Trinajstić information content (AvgIpc) is 2.78. The van der Waals surface area contributed by atoms with Crippen molar-refractivity contribution in [1.82, 2.24) is 15.2 Å². The Hall–Kier alpha value is -1.85. The SMILES string of the molecule is CCC1(CC)NC(=O)C(C)N(Cc2nc(C)c(C)o2)C1=O. The molecule has 1 unspecified atom stereocenters. The summed E-state index contributed by atoms with van der Waals surface area (Å²) in [6, 6.07) is -0.517. The van der Waals surface area contributed by atoms with E-state index in [-0.39, 0.29) is 18.4 Å². The molecule has 1 saturated heterocycles. The van der Waals surface area contributed by atoms with Crippen molar-refractivity contribution >= 4 is 11.8 Å². The van der Waals surface area contributed by atoms with Crippen molar-refractivity contribution in [3.05, 3.63) is 17.3 Å². The first kappa shape index (κ1) is 15.5. The Morgan fingerprint density at radius 1 is 1.29 bits per heavy atom. The van der Waals surface area contributed by atoms with Gasteiger partial charge in [-0.2, -0.15) is 0 Å². The minimum atomic E-state index is -0.805. The maximum absolute atomic E-state index is 12.8. The highest BCUT2D eigenvalue weighted by Crippen LogP contribution is 2.26. The van der Waals surface area contributed by atoms with Crippen LogP contribution in [0.25, 0.3) is 0 Å². The van der Waals surface area contributed by atoms with Crippen LogP contribution in [0.1, 0.15) is 51.0 Å². The Bertz CT molecular complexity index is 541. The molecule has 1 aromatic heterocycles. The molecule has 1 aliphatic rings. The fourth-order valence-electron chi connectivity index (χ4n) is 2.68. The maximum Gasteiger partial charge on any atom is 0.249 e. The highest BCUT2D eigenvalue weighted by atomic mass is 16.4. The molecule has 1 fully saturated rings. The number of hydrogen-bond acceptors (Lipinski definition) is 4. The summed E-state index contributed by atoms with van der Waals surface area (Å²) >= 11 is 0. The van der Waals surface area contributed by atoms with E-state index >= 15 is 0 Å². The van der Waals surface area contributed by atoms with E-state index in [1.54, 1.807) is 11.8 Å². The molecule has 1 aromatic rings. The maximum atomic E-state index is 12.8. The van der Waals surface area contributed by atoms with Crippen LogP contribution in [0.15, 0.2) is 4.42 Å². The number of aromatic nitrogens is 1. The van der Waals surface area contributed by atoms with Gasteiger partial charge >= 0.3 is 0 Å². The fourth-order valence-corrected chi connectivity index (χ4v) is 2.68. The number of hydrogen-bond donors (Lipinski definition) is 1. The molecule has 0 aliphatic carbocycles. The van der Waals surface area contributed by atoms with Gasteiger partial charge in [0.05, 0.1) is 12.2 Å². The van der Waals surface area contributed by atoms with Gasteiger partial charge in [0.25, 0.3) is 0 Å². The lowest BCUT2D eigenvalue weighted by atomic mass is 9.87. The molecule has 116 valence electrons. The molecule has 6 nitrogen and oxygen atoms in total. The van der Waals surface area contributed by atoms with Crippen LogP contribution in [0.5, 0.6) is 0 Å². The van der Waals surface area contributed by atoms with Crippen molar-refractivity contribution in [3.8, 4) is 0 Å². The van der Waals surface area contributed by atoms with E-state index < -0.39 is 11.6 Å². The molecule has 2 rings (SSSR count). The van der Waals surface area contributed by atoms with Crippen LogP contribution in [-0.2, 0) is 16.1 Å². The number of nitrogens with zero attached hydrogens (tertiary/aromatic N) is 2. The van der Waals surface area contributed by atoms with E-state index in [2.05, 4.69) is 10.3 Å². The average molecular weight is 293 g/mol. The monoisotopic (exact) mass is 293 g/mol. The Balaban J connectivity index is 2.30. The van der Waals surface area contributed by atoms with E-state index in [9.17, 15) is 9.59 Å². The van der Waals surface area contributed by atoms with Crippen molar-refractivity contribution < 1.29 is 14.0 Å². The van der Waals surface area contributed by atoms with Crippen molar-refractivity contribution in [3.63, 3.8) is 0 Å². The Morgan fingerprint density at radius 2 is 1.90 bits per heavy atom. The lowest BCUT2D eigenvalue weighted by Crippen LogP contribution is -2.69. The van der Waals surface area contributed by atoms with Gasteiger partial charge in [0.1, 0.15) is 17.3 Å². The number of rotatable bonds is 4. The molecular formula is C15H23N3O3. The molecule has 21 heavy (non-hydrogen) atoms. The molecule has 0 bridgehead atoms. The smallest absolute Gasteiger partial charge is 0.249 e. The van der Waals surface area contributed by atoms with Gasteiger partial charge in [0.15, 0.2) is 0 Å². The predicted molar refractivity (Wildman–Crippen MR) is 77.4 cm³/mol. The first-order chi connectivity index (χ1) is 9.84. The number of nitrogens with one attached hydrogen (secondary N) is 1. The lowest BCUT2D eigenvalue weighted by Gasteiger charge is -2.44. The third-order valence-electron chi connectivity index (χ3n) is 4.47. The zero-order valence-electron chi connectivity index (χ0n) is 13.3. The molecular weight excluding hydrogens is 270 g/mol. The fraction of sp³-hybridized carbons (Fsp3) is 0.667. The first-order valence-electron chi connectivity index (χ1n) is 7.40. The van der Waals surface area contributed by atoms with Crippen LogP contribution in [0.2, 0.25) is 0 Å². The van der Waals surface area contributed by atoms with Crippen LogP contribution in [0, 0.1) is 13.8 Å². The van der Waals surface area contributed by atoms with Crippen LogP contribution in [-0.4, -0.2) is 33.3 Å². The quantitative estimate of drug-likeness (QED) is 0.916. The summed E-state index contributed by atoms with van der Waals surface area (Å²) in [6.07, 6.45) is 1.14. The first-order valence-corrected chi connectivity index (χ1v) is 7.40. The van der Waals surface area contributed by atoms with Gasteiger partial charge in [-0.3, -0.25) is 9.59 Å². The number of oxazole rings is 1. The van der Waals surface area contributed by atoms with Gasteiger partial charge in [0.2, 0.25) is 17.7 Å². The molecule has 2 heterocycles. The summed E-state index contributed by atoms with van der Waals surface area (Å²) in [4.78, 5) is 30.9. The van der Waals surface area contributed by atoms with Gasteiger partial charge in [-0.25, -0.2) is 4.98 Å². The molecule has 1 atom stereocenters. The summed E-state index contributed by atoms with van der Waals surface area (Å²) in [6.45, 7) is 9.47. The van der Waals surface area contributed by atoms with Crippen molar-refractivity contribution in [2.24, 2.45) is 0 Å². The number of amides is 2. The summed E-state index contributed by atoms with van der Waals surface area (Å²) in [5.74, 6) is 1.02. The highest BCUT2D eigenvalue weighted by Gasteiger charge is 2.47. The zero-order valence-corrected chi connectivity index (χ0v) is 13.3. The van der Waals surface area contributed by atoms with Crippen LogP contribution in [0.3, 0.4) is 0 Å². The minimum Gasteiger partial charge on any atom is -0.444 e. The predicted octanol–water partition coefficient (Wildman–Crippen LogP) is 1.70.